The maximum absolute atomic E-state index is 13.0. The van der Waals surface area contributed by atoms with Crippen molar-refractivity contribution in [2.75, 3.05) is 45.9 Å². The number of aryl methyl sites for hydroxylation is 1. The molecule has 6 rings (SSSR count). The first-order valence-corrected chi connectivity index (χ1v) is 21.8. The largest absolute Gasteiger partial charge is 0.488 e. The van der Waals surface area contributed by atoms with Gasteiger partial charge in [0.05, 0.1) is 23.6 Å². The Kier molecular flexibility index (Phi) is 17.7. The van der Waals surface area contributed by atoms with Crippen molar-refractivity contribution >= 4 is 68.6 Å². The van der Waals surface area contributed by atoms with Crippen molar-refractivity contribution in [3.63, 3.8) is 0 Å². The minimum absolute atomic E-state index is 0.0505. The number of carbonyl (C=O) groups excluding carboxylic acids is 3. The lowest BCUT2D eigenvalue weighted by atomic mass is 10.1. The van der Waals surface area contributed by atoms with Crippen LogP contribution >= 0.6 is 0 Å². The second-order valence-electron chi connectivity index (χ2n) is 14.3. The zero-order valence-electron chi connectivity index (χ0n) is 34.9. The number of carboxylic acids is 2. The molecule has 0 aliphatic carbocycles. The van der Waals surface area contributed by atoms with Gasteiger partial charge < -0.3 is 36.2 Å². The van der Waals surface area contributed by atoms with Gasteiger partial charge in [-0.2, -0.15) is 9.82 Å². The van der Waals surface area contributed by atoms with Gasteiger partial charge >= 0.3 is 11.9 Å². The molecule has 20 nitrogen and oxygen atoms in total. The maximum atomic E-state index is 13.0. The highest BCUT2D eigenvalue weighted by atomic mass is 32.2. The highest BCUT2D eigenvalue weighted by Gasteiger charge is 2.27. The Balaban J connectivity index is 0.000000266. The number of rotatable bonds is 18. The standard InChI is InChI=1S/C27H29N5O6S.C16H21N5O4/c33-24(31-27-28-15-4-16-29-27)14-11-18-9-12-20(13-10-18)25(34)30-17-22(26(35)36)32-39(37,38)23-8-3-6-19-5-1-2-7-21(19)23;1-11(15(23)24)10-19-14(22)12-2-4-13(5-3-12)25-9-8-20-21-16-17-6-7-18-16/h1-3,5-10,12-13,22,32H,4,11,14-17H2,(H,30,34)(H,35,36)(H2,28,29,31,33);2-5,8,11H,6-7,9-10H2,1H3,(H,19,22)(H,23,24)(H2,17,18,21)/b;20-8-/t22-;11-/m00/s1. The molecule has 0 fully saturated rings. The number of amides is 3. The highest BCUT2D eigenvalue weighted by Crippen LogP contribution is 2.23. The first-order valence-electron chi connectivity index (χ1n) is 20.3. The molecule has 2 heterocycles. The molecule has 21 heteroatoms. The lowest BCUT2D eigenvalue weighted by Crippen LogP contribution is -2.48. The number of nitrogens with zero attached hydrogens (tertiary/aromatic N) is 3. The third-order valence-corrected chi connectivity index (χ3v) is 11.0. The van der Waals surface area contributed by atoms with Gasteiger partial charge in [0, 0.05) is 55.7 Å². The molecular weight excluding hydrogens is 849 g/mol. The van der Waals surface area contributed by atoms with Gasteiger partial charge in [0.25, 0.3) is 11.8 Å². The Labute approximate surface area is 369 Å². The topological polar surface area (TPSA) is 290 Å². The molecule has 2 atom stereocenters. The third-order valence-electron chi connectivity index (χ3n) is 9.48. The zero-order valence-corrected chi connectivity index (χ0v) is 35.7. The molecule has 0 bridgehead atoms. The predicted molar refractivity (Wildman–Crippen MR) is 239 cm³/mol. The van der Waals surface area contributed by atoms with Crippen molar-refractivity contribution in [2.45, 2.75) is 37.1 Å². The average molecular weight is 899 g/mol. The van der Waals surface area contributed by atoms with Crippen LogP contribution in [0.4, 0.5) is 0 Å². The van der Waals surface area contributed by atoms with Gasteiger partial charge in [-0.15, -0.1) is 0 Å². The van der Waals surface area contributed by atoms with E-state index < -0.39 is 46.4 Å². The maximum Gasteiger partial charge on any atom is 0.323 e. The van der Waals surface area contributed by atoms with E-state index in [9.17, 15) is 37.5 Å². The van der Waals surface area contributed by atoms with Crippen molar-refractivity contribution in [2.24, 2.45) is 21.0 Å². The molecule has 0 aromatic heterocycles. The Bertz CT molecular complexity index is 2470. The fraction of sp³-hybridized carbons (Fsp3) is 0.302. The van der Waals surface area contributed by atoms with Crippen LogP contribution in [-0.4, -0.2) is 118 Å². The Morgan fingerprint density at radius 2 is 1.45 bits per heavy atom. The normalized spacial score (nSPS) is 14.3. The van der Waals surface area contributed by atoms with Crippen molar-refractivity contribution in [3.05, 3.63) is 108 Å². The van der Waals surface area contributed by atoms with Crippen molar-refractivity contribution in [1.82, 2.24) is 36.7 Å². The molecule has 9 N–H and O–H groups in total. The number of sulfonamides is 1. The summed E-state index contributed by atoms with van der Waals surface area (Å²) in [5.74, 6) is -2.34. The van der Waals surface area contributed by atoms with Crippen LogP contribution in [0, 0.1) is 5.92 Å². The summed E-state index contributed by atoms with van der Waals surface area (Å²) >= 11 is 0. The van der Waals surface area contributed by atoms with Gasteiger partial charge in [0.15, 0.2) is 5.96 Å². The van der Waals surface area contributed by atoms with E-state index in [0.29, 0.717) is 47.0 Å². The van der Waals surface area contributed by atoms with Crippen LogP contribution in [0.15, 0.2) is 111 Å². The molecule has 3 amide bonds. The van der Waals surface area contributed by atoms with Gasteiger partial charge in [-0.1, -0.05) is 55.5 Å². The molecule has 2 aliphatic heterocycles. The number of aliphatic imine (C=N–C) groups is 2. The number of fused-ring (bicyclic) bond motifs is 1. The first kappa shape index (κ1) is 47.7. The number of ether oxygens (including phenoxy) is 1. The molecule has 2 aliphatic rings. The van der Waals surface area contributed by atoms with Gasteiger partial charge in [-0.3, -0.25) is 34.3 Å². The van der Waals surface area contributed by atoms with E-state index in [1.807, 2.05) is 0 Å². The summed E-state index contributed by atoms with van der Waals surface area (Å²) in [5, 5.41) is 37.3. The molecule has 0 radical (unpaired) electrons. The van der Waals surface area contributed by atoms with Crippen molar-refractivity contribution in [1.29, 1.82) is 0 Å². The van der Waals surface area contributed by atoms with Gasteiger partial charge in [0.1, 0.15) is 18.4 Å². The smallest absolute Gasteiger partial charge is 0.323 e. The third kappa shape index (κ3) is 14.9. The zero-order chi connectivity index (χ0) is 45.9. The molecule has 0 saturated heterocycles. The van der Waals surface area contributed by atoms with Crippen LogP contribution in [0.2, 0.25) is 0 Å². The highest BCUT2D eigenvalue weighted by molar-refractivity contribution is 7.89. The summed E-state index contributed by atoms with van der Waals surface area (Å²) in [6.07, 6.45) is 3.19. The van der Waals surface area contributed by atoms with E-state index in [1.165, 1.54) is 13.0 Å². The van der Waals surface area contributed by atoms with E-state index >= 15 is 0 Å². The van der Waals surface area contributed by atoms with E-state index in [2.05, 4.69) is 51.8 Å². The van der Waals surface area contributed by atoms with E-state index in [-0.39, 0.29) is 41.8 Å². The summed E-state index contributed by atoms with van der Waals surface area (Å²) < 4.78 is 33.7. The lowest BCUT2D eigenvalue weighted by Gasteiger charge is -2.17. The lowest BCUT2D eigenvalue weighted by molar-refractivity contribution is -0.141. The molecule has 338 valence electrons. The SMILES string of the molecule is C[C@@H](CNC(=O)c1ccc(OC/C=N\NC2=NCCN2)cc1)C(=O)O.O=C(CCc1ccc(C(=O)NC[C@H](NS(=O)(=O)c2cccc3ccccc23)C(=O)O)cc1)NC1=NCCCN1. The monoisotopic (exact) mass is 898 g/mol. The van der Waals surface area contributed by atoms with Gasteiger partial charge in [-0.05, 0) is 66.3 Å². The Morgan fingerprint density at radius 3 is 2.11 bits per heavy atom. The number of carbonyl (C=O) groups is 5. The predicted octanol–water partition coefficient (Wildman–Crippen LogP) is 1.45. The second kappa shape index (κ2) is 23.7. The minimum Gasteiger partial charge on any atom is -0.488 e. The Morgan fingerprint density at radius 1 is 0.797 bits per heavy atom. The van der Waals surface area contributed by atoms with Crippen LogP contribution in [0.1, 0.15) is 46.0 Å². The van der Waals surface area contributed by atoms with Gasteiger partial charge in [0.2, 0.25) is 21.9 Å². The van der Waals surface area contributed by atoms with Crippen LogP contribution in [0.25, 0.3) is 10.8 Å². The van der Waals surface area contributed by atoms with E-state index in [4.69, 9.17) is 9.84 Å². The second-order valence-corrected chi connectivity index (χ2v) is 16.0. The number of hydrazone groups is 1. The summed E-state index contributed by atoms with van der Waals surface area (Å²) in [5.41, 5.74) is 4.30. The molecule has 0 spiro atoms. The Hall–Kier alpha value is -7.39. The summed E-state index contributed by atoms with van der Waals surface area (Å²) in [7, 11) is -4.20. The fourth-order valence-electron chi connectivity index (χ4n) is 5.94. The van der Waals surface area contributed by atoms with Crippen molar-refractivity contribution in [3.8, 4) is 5.75 Å². The molecule has 4 aromatic rings. The number of hydrogen-bond donors (Lipinski definition) is 9. The number of benzene rings is 4. The minimum atomic E-state index is -4.20. The van der Waals surface area contributed by atoms with E-state index in [0.717, 1.165) is 31.6 Å². The molecule has 0 unspecified atom stereocenters. The van der Waals surface area contributed by atoms with E-state index in [1.54, 1.807) is 91.1 Å². The first-order chi connectivity index (χ1) is 30.8. The number of guanidine groups is 2. The van der Waals surface area contributed by atoms with Crippen LogP contribution in [-0.2, 0) is 30.8 Å². The summed E-state index contributed by atoms with van der Waals surface area (Å²) in [4.78, 5) is 67.4. The molecule has 4 aromatic carbocycles. The van der Waals surface area contributed by atoms with Crippen LogP contribution in [0.5, 0.6) is 5.75 Å². The summed E-state index contributed by atoms with van der Waals surface area (Å²) in [6, 6.07) is 23.1. The van der Waals surface area contributed by atoms with Crippen LogP contribution in [0.3, 0.4) is 0 Å². The number of hydrogen-bond acceptors (Lipinski definition) is 14. The van der Waals surface area contributed by atoms with Crippen molar-refractivity contribution < 1.29 is 47.3 Å². The number of nitrogens with one attached hydrogen (secondary N) is 7. The molecule has 0 saturated carbocycles. The average Bonchev–Trinajstić information content (AvgIpc) is 3.83. The number of carboxylic acid groups (broad SMARTS) is 2. The van der Waals surface area contributed by atoms with Crippen LogP contribution < -0.4 is 41.5 Å². The number of aliphatic carboxylic acids is 2. The summed E-state index contributed by atoms with van der Waals surface area (Å²) in [6.45, 7) is 4.41. The van der Waals surface area contributed by atoms with Gasteiger partial charge in [-0.25, -0.2) is 18.8 Å². The molecular formula is C43H50N10O10S. The molecule has 64 heavy (non-hydrogen) atoms. The fourth-order valence-corrected chi connectivity index (χ4v) is 7.36. The quantitative estimate of drug-likeness (QED) is 0.0506.